The van der Waals surface area contributed by atoms with Gasteiger partial charge in [-0.2, -0.15) is 0 Å². The topological polar surface area (TPSA) is 119 Å². The molecule has 3 rings (SSSR count). The number of hydrogen-bond donors (Lipinski definition) is 2. The number of anilines is 2. The molecule has 0 bridgehead atoms. The molecule has 0 saturated carbocycles. The normalized spacial score (nSPS) is 14.6. The molecule has 0 unspecified atom stereocenters. The zero-order valence-electron chi connectivity index (χ0n) is 25.5. The fourth-order valence-corrected chi connectivity index (χ4v) is 5.24. The molecule has 10 nitrogen and oxygen atoms in total. The molecule has 2 aromatic rings. The number of benzene rings is 1. The Morgan fingerprint density at radius 3 is 2.02 bits per heavy atom. The van der Waals surface area contributed by atoms with Crippen molar-refractivity contribution in [2.75, 3.05) is 56.5 Å². The molecule has 2 aromatic carbocycles. The fraction of sp³-hybridized carbons (Fsp3) is 0.625. The van der Waals surface area contributed by atoms with Gasteiger partial charge in [0.2, 0.25) is 0 Å². The maximum absolute atomic E-state index is 12.7. The van der Waals surface area contributed by atoms with Crippen molar-refractivity contribution in [2.45, 2.75) is 84.1 Å². The molecule has 0 radical (unpaired) electrons. The van der Waals surface area contributed by atoms with E-state index >= 15 is 0 Å². The Morgan fingerprint density at radius 2 is 1.45 bits per heavy atom. The highest BCUT2D eigenvalue weighted by atomic mass is 16.6. The lowest BCUT2D eigenvalue weighted by molar-refractivity contribution is -0.137. The van der Waals surface area contributed by atoms with Crippen molar-refractivity contribution in [1.29, 1.82) is 0 Å². The number of carboxylic acid groups (broad SMARTS) is 1. The second-order valence-electron chi connectivity index (χ2n) is 11.4. The van der Waals surface area contributed by atoms with E-state index in [4.69, 9.17) is 4.74 Å². The van der Waals surface area contributed by atoms with Crippen LogP contribution in [0.15, 0.2) is 33.9 Å². The van der Waals surface area contributed by atoms with E-state index in [1.807, 2.05) is 11.9 Å². The van der Waals surface area contributed by atoms with Crippen molar-refractivity contribution >= 4 is 23.4 Å². The van der Waals surface area contributed by atoms with Crippen LogP contribution in [0.5, 0.6) is 5.75 Å². The van der Waals surface area contributed by atoms with E-state index in [1.165, 1.54) is 6.42 Å². The van der Waals surface area contributed by atoms with Gasteiger partial charge >= 0.3 is 12.1 Å². The summed E-state index contributed by atoms with van der Waals surface area (Å²) in [6, 6.07) is 5.60. The highest BCUT2D eigenvalue weighted by Crippen LogP contribution is 2.24. The monoisotopic (exact) mass is 584 g/mol. The van der Waals surface area contributed by atoms with Crippen molar-refractivity contribution in [3.8, 4) is 5.75 Å². The summed E-state index contributed by atoms with van der Waals surface area (Å²) in [5.41, 5.74) is -0.0790. The molecule has 0 spiro atoms. The number of aliphatic carboxylic acids is 1. The first-order valence-electron chi connectivity index (χ1n) is 15.6. The third-order valence-electron chi connectivity index (χ3n) is 7.96. The first kappa shape index (κ1) is 33.1. The van der Waals surface area contributed by atoms with Crippen LogP contribution in [0, 0.1) is 0 Å². The zero-order valence-corrected chi connectivity index (χ0v) is 25.5. The van der Waals surface area contributed by atoms with Crippen molar-refractivity contribution in [3.05, 3.63) is 50.3 Å². The predicted molar refractivity (Wildman–Crippen MR) is 167 cm³/mol. The summed E-state index contributed by atoms with van der Waals surface area (Å²) in [7, 11) is 2.01. The molecule has 1 fully saturated rings. The van der Waals surface area contributed by atoms with E-state index in [9.17, 15) is 24.3 Å². The predicted octanol–water partition coefficient (Wildman–Crippen LogP) is 4.49. The Hall–Kier alpha value is -3.40. The first-order chi connectivity index (χ1) is 20.2. The molecular weight excluding hydrogens is 536 g/mol. The van der Waals surface area contributed by atoms with Crippen LogP contribution >= 0.6 is 0 Å². The van der Waals surface area contributed by atoms with Gasteiger partial charge in [0.25, 0.3) is 10.9 Å². The average Bonchev–Trinajstić information content (AvgIpc) is 2.98. The van der Waals surface area contributed by atoms with Crippen LogP contribution in [-0.4, -0.2) is 79.3 Å². The van der Waals surface area contributed by atoms with Crippen molar-refractivity contribution < 1.29 is 19.4 Å². The molecule has 1 aliphatic heterocycles. The summed E-state index contributed by atoms with van der Waals surface area (Å²) in [6.45, 7) is 8.43. The number of rotatable bonds is 18. The van der Waals surface area contributed by atoms with Crippen LogP contribution in [0.2, 0.25) is 0 Å². The van der Waals surface area contributed by atoms with Gasteiger partial charge in [-0.05, 0) is 37.6 Å². The molecule has 1 amide bonds. The molecule has 0 aromatic heterocycles. The number of hydrogen-bond acceptors (Lipinski definition) is 8. The Balaban J connectivity index is 1.65. The number of nitrogens with one attached hydrogen (secondary N) is 1. The third kappa shape index (κ3) is 9.58. The van der Waals surface area contributed by atoms with Crippen LogP contribution in [-0.2, 0) is 11.2 Å². The fourth-order valence-electron chi connectivity index (χ4n) is 5.24. The number of nitrogens with zero attached hydrogens (tertiary/aromatic N) is 3. The summed E-state index contributed by atoms with van der Waals surface area (Å²) >= 11 is 0. The summed E-state index contributed by atoms with van der Waals surface area (Å²) in [4.78, 5) is 55.8. The molecule has 42 heavy (non-hydrogen) atoms. The standard InChI is InChI=1S/C32H48N4O6/c1-4-6-8-10-12-18-35(17-11-9-7-5-2)28-27(29(37)30(28)38)33-26(31(39)40)23-24-13-15-25(16-14-24)42-32(41)36-21-19-34(3)20-22-36/h13-16,26,33H,4-12,17-23H2,1-3H3,(H,39,40)/t26-/m0/s1. The van der Waals surface area contributed by atoms with E-state index in [0.717, 1.165) is 64.5 Å². The van der Waals surface area contributed by atoms with Gasteiger partial charge < -0.3 is 29.9 Å². The molecule has 1 atom stereocenters. The number of carbonyl (C=O) groups excluding carboxylic acids is 1. The molecular formula is C32H48N4O6. The minimum absolute atomic E-state index is 0.0911. The Kier molecular flexibility index (Phi) is 13.3. The van der Waals surface area contributed by atoms with Crippen LogP contribution in [0.25, 0.3) is 0 Å². The molecule has 232 valence electrons. The SMILES string of the molecule is CCCCCCCN(CCCCCC)c1c(N[C@@H](Cc2ccc(OC(=O)N3CCN(C)CC3)cc2)C(=O)O)c(=O)c1=O. The lowest BCUT2D eigenvalue weighted by atomic mass is 10.0. The van der Waals surface area contributed by atoms with Gasteiger partial charge in [-0.15, -0.1) is 0 Å². The van der Waals surface area contributed by atoms with Crippen LogP contribution < -0.4 is 25.8 Å². The summed E-state index contributed by atoms with van der Waals surface area (Å²) in [6.07, 6.45) is 9.26. The highest BCUT2D eigenvalue weighted by molar-refractivity contribution is 5.83. The number of likely N-dealkylation sites (N-methyl/N-ethyl adjacent to an activating group) is 1. The second-order valence-corrected chi connectivity index (χ2v) is 11.4. The number of carbonyl (C=O) groups is 2. The largest absolute Gasteiger partial charge is 0.480 e. The van der Waals surface area contributed by atoms with Crippen LogP contribution in [0.4, 0.5) is 16.2 Å². The van der Waals surface area contributed by atoms with Gasteiger partial charge in [0, 0.05) is 45.7 Å². The summed E-state index contributed by atoms with van der Waals surface area (Å²) in [5.74, 6) is -0.737. The van der Waals surface area contributed by atoms with Gasteiger partial charge in [0.05, 0.1) is 0 Å². The van der Waals surface area contributed by atoms with E-state index in [-0.39, 0.29) is 12.1 Å². The number of ether oxygens (including phenoxy) is 1. The van der Waals surface area contributed by atoms with Gasteiger partial charge in [-0.1, -0.05) is 70.9 Å². The Bertz CT molecular complexity index is 1200. The van der Waals surface area contributed by atoms with E-state index in [2.05, 4.69) is 24.1 Å². The molecule has 2 N–H and O–H groups in total. The van der Waals surface area contributed by atoms with Gasteiger partial charge in [0.15, 0.2) is 0 Å². The van der Waals surface area contributed by atoms with Crippen molar-refractivity contribution in [2.24, 2.45) is 0 Å². The third-order valence-corrected chi connectivity index (χ3v) is 7.96. The minimum atomic E-state index is -1.12. The molecule has 0 aliphatic carbocycles. The zero-order chi connectivity index (χ0) is 30.5. The molecule has 10 heteroatoms. The molecule has 1 heterocycles. The van der Waals surface area contributed by atoms with Gasteiger partial charge in [-0.3, -0.25) is 9.59 Å². The van der Waals surface area contributed by atoms with E-state index < -0.39 is 29.0 Å². The average molecular weight is 585 g/mol. The van der Waals surface area contributed by atoms with Gasteiger partial charge in [-0.25, -0.2) is 9.59 Å². The van der Waals surface area contributed by atoms with Crippen molar-refractivity contribution in [1.82, 2.24) is 9.80 Å². The first-order valence-corrected chi connectivity index (χ1v) is 15.6. The lowest BCUT2D eigenvalue weighted by Gasteiger charge is -2.31. The summed E-state index contributed by atoms with van der Waals surface area (Å²) < 4.78 is 5.50. The van der Waals surface area contributed by atoms with Crippen LogP contribution in [0.3, 0.4) is 0 Å². The molecule has 1 aliphatic rings. The maximum atomic E-state index is 12.7. The van der Waals surface area contributed by atoms with Crippen molar-refractivity contribution in [3.63, 3.8) is 0 Å². The smallest absolute Gasteiger partial charge is 0.415 e. The number of piperazine rings is 1. The van der Waals surface area contributed by atoms with E-state index in [1.54, 1.807) is 29.2 Å². The Labute approximate surface area is 249 Å². The van der Waals surface area contributed by atoms with Crippen LogP contribution in [0.1, 0.15) is 77.2 Å². The van der Waals surface area contributed by atoms with E-state index in [0.29, 0.717) is 43.2 Å². The molecule has 1 saturated heterocycles. The highest BCUT2D eigenvalue weighted by Gasteiger charge is 2.30. The number of unbranched alkanes of at least 4 members (excludes halogenated alkanes) is 7. The lowest BCUT2D eigenvalue weighted by Crippen LogP contribution is -2.48. The minimum Gasteiger partial charge on any atom is -0.480 e. The quantitative estimate of drug-likeness (QED) is 0.193. The van der Waals surface area contributed by atoms with Gasteiger partial charge in [0.1, 0.15) is 23.2 Å². The second kappa shape index (κ2) is 16.9. The Morgan fingerprint density at radius 1 is 0.881 bits per heavy atom. The summed E-state index contributed by atoms with van der Waals surface area (Å²) in [5, 5.41) is 12.9. The number of amides is 1. The number of carboxylic acids is 1. The maximum Gasteiger partial charge on any atom is 0.415 e.